The molecule has 33 heavy (non-hydrogen) atoms. The van der Waals surface area contributed by atoms with Gasteiger partial charge < -0.3 is 14.4 Å². The first kappa shape index (κ1) is 22.5. The summed E-state index contributed by atoms with van der Waals surface area (Å²) >= 11 is 1.31. The quantitative estimate of drug-likeness (QED) is 0.544. The van der Waals surface area contributed by atoms with E-state index in [1.165, 1.54) is 18.4 Å². The van der Waals surface area contributed by atoms with E-state index in [1.54, 1.807) is 18.6 Å². The lowest BCUT2D eigenvalue weighted by atomic mass is 9.96. The summed E-state index contributed by atoms with van der Waals surface area (Å²) in [6, 6.07) is 14.6. The van der Waals surface area contributed by atoms with Crippen LogP contribution in [0.5, 0.6) is 5.75 Å². The van der Waals surface area contributed by atoms with E-state index in [0.717, 1.165) is 16.8 Å². The number of aromatic nitrogens is 1. The zero-order valence-corrected chi connectivity index (χ0v) is 20.0. The van der Waals surface area contributed by atoms with Crippen LogP contribution < -0.4 is 24.5 Å². The Morgan fingerprint density at radius 2 is 1.76 bits per heavy atom. The van der Waals surface area contributed by atoms with Crippen molar-refractivity contribution in [3.63, 3.8) is 0 Å². The molecule has 7 nitrogen and oxygen atoms in total. The van der Waals surface area contributed by atoms with Gasteiger partial charge in [-0.1, -0.05) is 35.6 Å². The van der Waals surface area contributed by atoms with Crippen LogP contribution in [0.25, 0.3) is 6.08 Å². The van der Waals surface area contributed by atoms with Gasteiger partial charge in [-0.15, -0.1) is 0 Å². The molecule has 1 aliphatic heterocycles. The smallest absolute Gasteiger partial charge is 0.338 e. The zero-order chi connectivity index (χ0) is 23.7. The number of allylic oxidation sites excluding steroid dienone is 1. The van der Waals surface area contributed by atoms with E-state index in [0.29, 0.717) is 26.4 Å². The Morgan fingerprint density at radius 3 is 2.33 bits per heavy atom. The van der Waals surface area contributed by atoms with Crippen LogP contribution in [0.3, 0.4) is 0 Å². The number of carbonyl (C=O) groups is 1. The molecule has 0 fully saturated rings. The summed E-state index contributed by atoms with van der Waals surface area (Å²) in [5.41, 5.74) is 3.43. The highest BCUT2D eigenvalue weighted by Crippen LogP contribution is 2.31. The molecule has 0 bridgehead atoms. The molecule has 0 saturated carbocycles. The van der Waals surface area contributed by atoms with E-state index < -0.39 is 12.0 Å². The molecular formula is C25H25N3O4S. The lowest BCUT2D eigenvalue weighted by molar-refractivity contribution is -0.136. The van der Waals surface area contributed by atoms with Crippen LogP contribution in [0.4, 0.5) is 5.69 Å². The van der Waals surface area contributed by atoms with Crippen LogP contribution in [-0.4, -0.2) is 38.9 Å². The summed E-state index contributed by atoms with van der Waals surface area (Å²) in [6.45, 7) is 1.76. The fourth-order valence-corrected chi connectivity index (χ4v) is 4.86. The standard InChI is InChI=1S/C25H25N3O4S/c1-15-21(24(30)32-5)22(17-8-12-19(31-4)13-9-17)28-23(29)20(33-25(28)26-15)14-16-6-10-18(11-7-16)27(2)3/h6-14,22H,1-5H3/b20-14+. The van der Waals surface area contributed by atoms with E-state index in [1.807, 2.05) is 73.6 Å². The van der Waals surface area contributed by atoms with Gasteiger partial charge in [-0.2, -0.15) is 0 Å². The van der Waals surface area contributed by atoms with Gasteiger partial charge in [0.05, 0.1) is 36.1 Å². The molecule has 0 saturated heterocycles. The third kappa shape index (κ3) is 4.21. The molecule has 170 valence electrons. The second-order valence-electron chi connectivity index (χ2n) is 7.83. The van der Waals surface area contributed by atoms with Gasteiger partial charge in [0.25, 0.3) is 5.56 Å². The fourth-order valence-electron chi connectivity index (χ4n) is 3.81. The van der Waals surface area contributed by atoms with E-state index in [4.69, 9.17) is 9.47 Å². The number of hydrogen-bond donors (Lipinski definition) is 0. The number of fused-ring (bicyclic) bond motifs is 1. The third-order valence-electron chi connectivity index (χ3n) is 5.57. The average molecular weight is 464 g/mol. The van der Waals surface area contributed by atoms with Crippen molar-refractivity contribution in [2.24, 2.45) is 4.99 Å². The molecule has 4 rings (SSSR count). The molecule has 1 aliphatic rings. The minimum atomic E-state index is -0.641. The number of rotatable bonds is 5. The number of anilines is 1. The monoisotopic (exact) mass is 463 g/mol. The summed E-state index contributed by atoms with van der Waals surface area (Å²) in [7, 11) is 6.88. The molecule has 2 aromatic carbocycles. The van der Waals surface area contributed by atoms with Gasteiger partial charge in [-0.3, -0.25) is 9.36 Å². The van der Waals surface area contributed by atoms with Gasteiger partial charge in [-0.25, -0.2) is 9.79 Å². The van der Waals surface area contributed by atoms with E-state index in [-0.39, 0.29) is 5.56 Å². The Hall–Kier alpha value is -3.65. The zero-order valence-electron chi connectivity index (χ0n) is 19.2. The van der Waals surface area contributed by atoms with Crippen molar-refractivity contribution in [3.05, 3.63) is 90.6 Å². The highest BCUT2D eigenvalue weighted by molar-refractivity contribution is 7.07. The first-order chi connectivity index (χ1) is 15.8. The Morgan fingerprint density at radius 1 is 1.09 bits per heavy atom. The minimum absolute atomic E-state index is 0.204. The number of benzene rings is 2. The lowest BCUT2D eigenvalue weighted by Gasteiger charge is -2.24. The van der Waals surface area contributed by atoms with E-state index in [2.05, 4.69) is 4.99 Å². The van der Waals surface area contributed by atoms with Crippen molar-refractivity contribution >= 4 is 29.1 Å². The maximum Gasteiger partial charge on any atom is 0.338 e. The first-order valence-electron chi connectivity index (χ1n) is 10.4. The highest BCUT2D eigenvalue weighted by atomic mass is 32.1. The fraction of sp³-hybridized carbons (Fsp3) is 0.240. The molecule has 8 heteroatoms. The average Bonchev–Trinajstić information content (AvgIpc) is 3.12. The molecule has 1 aromatic heterocycles. The summed E-state index contributed by atoms with van der Waals surface area (Å²) in [6.07, 6.45) is 1.85. The molecule has 0 spiro atoms. The van der Waals surface area contributed by atoms with Crippen LogP contribution in [0.2, 0.25) is 0 Å². The number of hydrogen-bond acceptors (Lipinski definition) is 7. The van der Waals surface area contributed by atoms with Crippen LogP contribution in [0.15, 0.2) is 69.6 Å². The number of thiazole rings is 1. The topological polar surface area (TPSA) is 73.1 Å². The number of nitrogens with zero attached hydrogens (tertiary/aromatic N) is 3. The Kier molecular flexibility index (Phi) is 6.20. The number of esters is 1. The Bertz CT molecular complexity index is 1400. The Labute approximate surface area is 195 Å². The van der Waals surface area contributed by atoms with Gasteiger partial charge >= 0.3 is 5.97 Å². The molecule has 0 amide bonds. The molecule has 1 unspecified atom stereocenters. The first-order valence-corrected chi connectivity index (χ1v) is 11.2. The molecule has 1 atom stereocenters. The molecule has 0 N–H and O–H groups in total. The van der Waals surface area contributed by atoms with Gasteiger partial charge in [0.2, 0.25) is 0 Å². The summed E-state index contributed by atoms with van der Waals surface area (Å²) in [5.74, 6) is 0.179. The molecular weight excluding hydrogens is 438 g/mol. The number of ether oxygens (including phenoxy) is 2. The number of methoxy groups -OCH3 is 2. The predicted octanol–water partition coefficient (Wildman–Crippen LogP) is 2.48. The lowest BCUT2D eigenvalue weighted by Crippen LogP contribution is -2.39. The second-order valence-corrected chi connectivity index (χ2v) is 8.84. The summed E-state index contributed by atoms with van der Waals surface area (Å²) in [5, 5.41) is 0. The van der Waals surface area contributed by atoms with Crippen LogP contribution in [0, 0.1) is 0 Å². The van der Waals surface area contributed by atoms with Crippen molar-refractivity contribution in [2.45, 2.75) is 13.0 Å². The van der Waals surface area contributed by atoms with Gasteiger partial charge in [-0.05, 0) is 48.4 Å². The van der Waals surface area contributed by atoms with Crippen LogP contribution in [0.1, 0.15) is 24.1 Å². The number of carbonyl (C=O) groups excluding carboxylic acids is 1. The van der Waals surface area contributed by atoms with Gasteiger partial charge in [0.1, 0.15) is 5.75 Å². The van der Waals surface area contributed by atoms with Crippen molar-refractivity contribution in [2.75, 3.05) is 33.2 Å². The van der Waals surface area contributed by atoms with Gasteiger partial charge in [0.15, 0.2) is 4.80 Å². The van der Waals surface area contributed by atoms with Gasteiger partial charge in [0, 0.05) is 19.8 Å². The SMILES string of the molecule is COC(=O)C1=C(C)N=c2s/c(=C/c3ccc(N(C)C)cc3)c(=O)n2C1c1ccc(OC)cc1. The second kappa shape index (κ2) is 9.07. The minimum Gasteiger partial charge on any atom is -0.497 e. The van der Waals surface area contributed by atoms with Crippen molar-refractivity contribution in [1.82, 2.24) is 4.57 Å². The van der Waals surface area contributed by atoms with Crippen molar-refractivity contribution in [1.29, 1.82) is 0 Å². The molecule has 3 aromatic rings. The predicted molar refractivity (Wildman–Crippen MR) is 130 cm³/mol. The maximum absolute atomic E-state index is 13.5. The molecule has 0 radical (unpaired) electrons. The molecule has 0 aliphatic carbocycles. The van der Waals surface area contributed by atoms with E-state index in [9.17, 15) is 9.59 Å². The van der Waals surface area contributed by atoms with Crippen LogP contribution >= 0.6 is 11.3 Å². The molecule has 2 heterocycles. The Balaban J connectivity index is 1.90. The summed E-state index contributed by atoms with van der Waals surface area (Å²) < 4.78 is 12.4. The van der Waals surface area contributed by atoms with Crippen molar-refractivity contribution < 1.29 is 14.3 Å². The van der Waals surface area contributed by atoms with E-state index >= 15 is 0 Å². The maximum atomic E-state index is 13.5. The summed E-state index contributed by atoms with van der Waals surface area (Å²) in [4.78, 5) is 33.4. The highest BCUT2D eigenvalue weighted by Gasteiger charge is 2.33. The van der Waals surface area contributed by atoms with Crippen molar-refractivity contribution in [3.8, 4) is 5.75 Å². The third-order valence-corrected chi connectivity index (χ3v) is 6.55. The largest absolute Gasteiger partial charge is 0.497 e. The van der Waals surface area contributed by atoms with Crippen LogP contribution in [-0.2, 0) is 9.53 Å². The normalized spacial score (nSPS) is 15.7.